The number of carbonyl (C=O) groups is 2. The van der Waals surface area contributed by atoms with Gasteiger partial charge in [0.2, 0.25) is 5.91 Å². The first-order valence-corrected chi connectivity index (χ1v) is 10.5. The number of carbonyl (C=O) groups excluding carboxylic acids is 2. The van der Waals surface area contributed by atoms with Crippen LogP contribution in [0.15, 0.2) is 46.9 Å². The van der Waals surface area contributed by atoms with Crippen molar-refractivity contribution in [2.75, 3.05) is 36.4 Å². The molecule has 0 atom stereocenters. The van der Waals surface area contributed by atoms with Crippen molar-refractivity contribution in [3.05, 3.63) is 57.5 Å². The molecule has 0 unspecified atom stereocenters. The maximum atomic E-state index is 12.4. The number of benzene rings is 2. The molecule has 1 fully saturated rings. The van der Waals surface area contributed by atoms with Crippen LogP contribution in [0.4, 0.5) is 11.4 Å². The lowest BCUT2D eigenvalue weighted by Gasteiger charge is -2.36. The second-order valence-corrected chi connectivity index (χ2v) is 8.07. The molecular formula is C21H23BrClN3O2. The van der Waals surface area contributed by atoms with Crippen LogP contribution in [0.5, 0.6) is 0 Å². The van der Waals surface area contributed by atoms with E-state index in [0.29, 0.717) is 35.8 Å². The van der Waals surface area contributed by atoms with E-state index < -0.39 is 0 Å². The van der Waals surface area contributed by atoms with Crippen molar-refractivity contribution in [2.24, 2.45) is 0 Å². The van der Waals surface area contributed by atoms with Crippen molar-refractivity contribution < 1.29 is 9.59 Å². The SMILES string of the molecule is CCCC(=O)N1CCN(c2ccc(NC(=O)c3cccc(Br)c3)cc2Cl)CC1. The number of rotatable bonds is 5. The molecule has 148 valence electrons. The summed E-state index contributed by atoms with van der Waals surface area (Å²) in [4.78, 5) is 28.5. The number of nitrogens with zero attached hydrogens (tertiary/aromatic N) is 2. The average molecular weight is 465 g/mol. The molecule has 1 heterocycles. The first-order chi connectivity index (χ1) is 13.5. The van der Waals surface area contributed by atoms with E-state index in [1.54, 1.807) is 18.2 Å². The van der Waals surface area contributed by atoms with Gasteiger partial charge in [0.1, 0.15) is 0 Å². The molecule has 2 aromatic carbocycles. The highest BCUT2D eigenvalue weighted by Gasteiger charge is 2.22. The number of hydrogen-bond acceptors (Lipinski definition) is 3. The summed E-state index contributed by atoms with van der Waals surface area (Å²) in [7, 11) is 0. The standard InChI is InChI=1S/C21H23BrClN3O2/c1-2-4-20(27)26-11-9-25(10-12-26)19-8-7-17(14-18(19)23)24-21(28)15-5-3-6-16(22)13-15/h3,5-8,13-14H,2,4,9-12H2,1H3,(H,24,28). The lowest BCUT2D eigenvalue weighted by Crippen LogP contribution is -2.48. The van der Waals surface area contributed by atoms with Gasteiger partial charge in [-0.2, -0.15) is 0 Å². The van der Waals surface area contributed by atoms with Crippen LogP contribution in [-0.2, 0) is 4.79 Å². The first-order valence-electron chi connectivity index (χ1n) is 9.37. The molecule has 3 rings (SSSR count). The molecule has 1 aliphatic heterocycles. The fourth-order valence-electron chi connectivity index (χ4n) is 3.24. The maximum Gasteiger partial charge on any atom is 0.255 e. The van der Waals surface area contributed by atoms with Crippen LogP contribution < -0.4 is 10.2 Å². The van der Waals surface area contributed by atoms with Gasteiger partial charge in [0, 0.05) is 48.3 Å². The Hall–Kier alpha value is -2.05. The van der Waals surface area contributed by atoms with E-state index in [-0.39, 0.29) is 11.8 Å². The molecule has 0 aromatic heterocycles. The van der Waals surface area contributed by atoms with Crippen LogP contribution in [0.25, 0.3) is 0 Å². The Bertz CT molecular complexity index is 866. The second kappa shape index (κ2) is 9.43. The van der Waals surface area contributed by atoms with E-state index in [9.17, 15) is 9.59 Å². The highest BCUT2D eigenvalue weighted by atomic mass is 79.9. The third-order valence-electron chi connectivity index (χ3n) is 4.73. The highest BCUT2D eigenvalue weighted by molar-refractivity contribution is 9.10. The minimum Gasteiger partial charge on any atom is -0.367 e. The predicted octanol–water partition coefficient (Wildman–Crippen LogP) is 4.80. The minimum atomic E-state index is -0.187. The number of anilines is 2. The lowest BCUT2D eigenvalue weighted by molar-refractivity contribution is -0.131. The summed E-state index contributed by atoms with van der Waals surface area (Å²) in [5.41, 5.74) is 2.14. The maximum absolute atomic E-state index is 12.4. The van der Waals surface area contributed by atoms with Crippen molar-refractivity contribution in [1.82, 2.24) is 4.90 Å². The average Bonchev–Trinajstić information content (AvgIpc) is 2.68. The Kier molecular flexibility index (Phi) is 6.97. The Morgan fingerprint density at radius 1 is 1.11 bits per heavy atom. The molecule has 1 N–H and O–H groups in total. The van der Waals surface area contributed by atoms with E-state index in [0.717, 1.165) is 29.7 Å². The van der Waals surface area contributed by atoms with E-state index in [4.69, 9.17) is 11.6 Å². The lowest BCUT2D eigenvalue weighted by atomic mass is 10.2. The molecule has 2 aromatic rings. The van der Waals surface area contributed by atoms with Gasteiger partial charge in [-0.05, 0) is 42.8 Å². The quantitative estimate of drug-likeness (QED) is 0.691. The zero-order chi connectivity index (χ0) is 20.1. The van der Waals surface area contributed by atoms with E-state index in [1.165, 1.54) is 0 Å². The Balaban J connectivity index is 1.63. The summed E-state index contributed by atoms with van der Waals surface area (Å²) in [6.07, 6.45) is 1.48. The van der Waals surface area contributed by atoms with Crippen molar-refractivity contribution in [3.8, 4) is 0 Å². The molecule has 0 saturated carbocycles. The highest BCUT2D eigenvalue weighted by Crippen LogP contribution is 2.30. The molecule has 0 bridgehead atoms. The van der Waals surface area contributed by atoms with Gasteiger partial charge in [0.15, 0.2) is 0 Å². The van der Waals surface area contributed by atoms with Gasteiger partial charge < -0.3 is 15.1 Å². The minimum absolute atomic E-state index is 0.187. The summed E-state index contributed by atoms with van der Waals surface area (Å²) in [6, 6.07) is 12.8. The summed E-state index contributed by atoms with van der Waals surface area (Å²) >= 11 is 9.86. The van der Waals surface area contributed by atoms with Crippen molar-refractivity contribution in [3.63, 3.8) is 0 Å². The Morgan fingerprint density at radius 3 is 2.50 bits per heavy atom. The molecule has 0 spiro atoms. The molecule has 28 heavy (non-hydrogen) atoms. The largest absolute Gasteiger partial charge is 0.367 e. The predicted molar refractivity (Wildman–Crippen MR) is 117 cm³/mol. The van der Waals surface area contributed by atoms with Crippen LogP contribution in [0, 0.1) is 0 Å². The van der Waals surface area contributed by atoms with Gasteiger partial charge in [-0.3, -0.25) is 9.59 Å². The van der Waals surface area contributed by atoms with E-state index in [2.05, 4.69) is 26.1 Å². The van der Waals surface area contributed by atoms with Gasteiger partial charge in [-0.25, -0.2) is 0 Å². The number of nitrogens with one attached hydrogen (secondary N) is 1. The number of hydrogen-bond donors (Lipinski definition) is 1. The smallest absolute Gasteiger partial charge is 0.255 e. The normalized spacial score (nSPS) is 14.1. The van der Waals surface area contributed by atoms with Crippen LogP contribution in [-0.4, -0.2) is 42.9 Å². The van der Waals surface area contributed by atoms with Gasteiger partial charge in [-0.1, -0.05) is 40.5 Å². The summed E-state index contributed by atoms with van der Waals surface area (Å²) in [6.45, 7) is 4.93. The van der Waals surface area contributed by atoms with E-state index in [1.807, 2.05) is 36.1 Å². The molecular weight excluding hydrogens is 442 g/mol. The molecule has 5 nitrogen and oxygen atoms in total. The van der Waals surface area contributed by atoms with Crippen LogP contribution in [0.2, 0.25) is 5.02 Å². The van der Waals surface area contributed by atoms with Crippen LogP contribution in [0.1, 0.15) is 30.1 Å². The van der Waals surface area contributed by atoms with Gasteiger partial charge >= 0.3 is 0 Å². The second-order valence-electron chi connectivity index (χ2n) is 6.75. The fourth-order valence-corrected chi connectivity index (χ4v) is 3.94. The van der Waals surface area contributed by atoms with Gasteiger partial charge in [-0.15, -0.1) is 0 Å². The van der Waals surface area contributed by atoms with Gasteiger partial charge in [0.05, 0.1) is 10.7 Å². The molecule has 1 saturated heterocycles. The van der Waals surface area contributed by atoms with E-state index >= 15 is 0 Å². The van der Waals surface area contributed by atoms with Crippen molar-refractivity contribution in [1.29, 1.82) is 0 Å². The van der Waals surface area contributed by atoms with Crippen molar-refractivity contribution >= 4 is 50.7 Å². The number of piperazine rings is 1. The van der Waals surface area contributed by atoms with Crippen LogP contribution in [0.3, 0.4) is 0 Å². The summed E-state index contributed by atoms with van der Waals surface area (Å²) < 4.78 is 0.852. The number of amides is 2. The summed E-state index contributed by atoms with van der Waals surface area (Å²) in [5.74, 6) is 0.0343. The summed E-state index contributed by atoms with van der Waals surface area (Å²) in [5, 5.41) is 3.46. The third kappa shape index (κ3) is 5.06. The monoisotopic (exact) mass is 463 g/mol. The molecule has 7 heteroatoms. The zero-order valence-electron chi connectivity index (χ0n) is 15.8. The number of halogens is 2. The molecule has 1 aliphatic rings. The topological polar surface area (TPSA) is 52.7 Å². The molecule has 0 aliphatic carbocycles. The third-order valence-corrected chi connectivity index (χ3v) is 5.53. The van der Waals surface area contributed by atoms with Gasteiger partial charge in [0.25, 0.3) is 5.91 Å². The Morgan fingerprint density at radius 2 is 1.86 bits per heavy atom. The Labute approximate surface area is 178 Å². The zero-order valence-corrected chi connectivity index (χ0v) is 18.1. The molecule has 0 radical (unpaired) electrons. The van der Waals surface area contributed by atoms with Crippen LogP contribution >= 0.6 is 27.5 Å². The van der Waals surface area contributed by atoms with Crippen molar-refractivity contribution in [2.45, 2.75) is 19.8 Å². The first kappa shape index (κ1) is 20.7. The molecule has 2 amide bonds. The fraction of sp³-hybridized carbons (Fsp3) is 0.333.